The van der Waals surface area contributed by atoms with Crippen molar-refractivity contribution >= 4 is 0 Å². The van der Waals surface area contributed by atoms with Crippen LogP contribution < -0.4 is 5.32 Å². The average molecular weight is 202 g/mol. The van der Waals surface area contributed by atoms with Crippen molar-refractivity contribution < 1.29 is 4.42 Å². The molecule has 1 N–H and O–H groups in total. The van der Waals surface area contributed by atoms with Crippen LogP contribution in [0, 0.1) is 0 Å². The molecular weight excluding hydrogens is 188 g/mol. The lowest BCUT2D eigenvalue weighted by Gasteiger charge is -2.10. The summed E-state index contributed by atoms with van der Waals surface area (Å²) in [4.78, 5) is 3.98. The molecule has 0 bridgehead atoms. The Morgan fingerprint density at radius 2 is 2.13 bits per heavy atom. The Bertz CT molecular complexity index is 383. The molecule has 0 unspecified atom stereocenters. The van der Waals surface area contributed by atoms with Gasteiger partial charge in [0.05, 0.1) is 12.3 Å². The second kappa shape index (κ2) is 4.75. The zero-order valence-electron chi connectivity index (χ0n) is 8.68. The molecule has 0 aromatic carbocycles. The molecular formula is C12H14N2O. The van der Waals surface area contributed by atoms with Crippen LogP contribution in [0.4, 0.5) is 0 Å². The molecule has 0 saturated heterocycles. The van der Waals surface area contributed by atoms with E-state index in [9.17, 15) is 0 Å². The molecule has 15 heavy (non-hydrogen) atoms. The third kappa shape index (κ3) is 2.67. The highest BCUT2D eigenvalue weighted by atomic mass is 16.3. The molecule has 0 fully saturated rings. The molecule has 2 rings (SSSR count). The van der Waals surface area contributed by atoms with Gasteiger partial charge in [-0.05, 0) is 36.8 Å². The van der Waals surface area contributed by atoms with E-state index >= 15 is 0 Å². The van der Waals surface area contributed by atoms with E-state index < -0.39 is 0 Å². The minimum absolute atomic E-state index is 0.230. The summed E-state index contributed by atoms with van der Waals surface area (Å²) in [6.07, 6.45) is 5.29. The lowest BCUT2D eigenvalue weighted by molar-refractivity contribution is 0.430. The monoisotopic (exact) mass is 202 g/mol. The number of rotatable bonds is 4. The number of aromatic nitrogens is 1. The zero-order chi connectivity index (χ0) is 10.5. The molecule has 0 aliphatic heterocycles. The van der Waals surface area contributed by atoms with Crippen LogP contribution in [0.25, 0.3) is 0 Å². The summed E-state index contributed by atoms with van der Waals surface area (Å²) in [6, 6.07) is 8.11. The fourth-order valence-corrected chi connectivity index (χ4v) is 1.41. The molecule has 78 valence electrons. The lowest BCUT2D eigenvalue weighted by atomic mass is 10.2. The second-order valence-corrected chi connectivity index (χ2v) is 3.47. The van der Waals surface area contributed by atoms with E-state index in [1.54, 1.807) is 18.7 Å². The quantitative estimate of drug-likeness (QED) is 0.827. The van der Waals surface area contributed by atoms with Crippen LogP contribution in [0.3, 0.4) is 0 Å². The van der Waals surface area contributed by atoms with Crippen molar-refractivity contribution in [3.63, 3.8) is 0 Å². The van der Waals surface area contributed by atoms with Crippen LogP contribution in [0.5, 0.6) is 0 Å². The number of nitrogens with zero attached hydrogens (tertiary/aromatic N) is 1. The summed E-state index contributed by atoms with van der Waals surface area (Å²) in [7, 11) is 0. The lowest BCUT2D eigenvalue weighted by Crippen LogP contribution is -2.17. The van der Waals surface area contributed by atoms with E-state index in [1.165, 1.54) is 5.56 Å². The van der Waals surface area contributed by atoms with Crippen molar-refractivity contribution in [1.29, 1.82) is 0 Å². The topological polar surface area (TPSA) is 38.1 Å². The molecule has 0 radical (unpaired) electrons. The van der Waals surface area contributed by atoms with Crippen LogP contribution in [-0.2, 0) is 6.54 Å². The van der Waals surface area contributed by atoms with Crippen LogP contribution in [0.15, 0.2) is 47.3 Å². The van der Waals surface area contributed by atoms with Crippen molar-refractivity contribution in [2.75, 3.05) is 0 Å². The summed E-state index contributed by atoms with van der Waals surface area (Å²) >= 11 is 0. The average Bonchev–Trinajstić information content (AvgIpc) is 2.81. The first kappa shape index (κ1) is 9.93. The molecule has 1 atom stereocenters. The third-order valence-electron chi connectivity index (χ3n) is 2.33. The van der Waals surface area contributed by atoms with Crippen LogP contribution in [0.1, 0.15) is 24.3 Å². The highest BCUT2D eigenvalue weighted by Gasteiger charge is 2.06. The first-order chi connectivity index (χ1) is 7.36. The third-order valence-corrected chi connectivity index (χ3v) is 2.33. The predicted octanol–water partition coefficient (Wildman–Crippen LogP) is 2.53. The largest absolute Gasteiger partial charge is 0.468 e. The Hall–Kier alpha value is -1.61. The van der Waals surface area contributed by atoms with Gasteiger partial charge in [0, 0.05) is 18.9 Å². The molecule has 0 aliphatic rings. The van der Waals surface area contributed by atoms with Gasteiger partial charge in [-0.3, -0.25) is 4.98 Å². The fourth-order valence-electron chi connectivity index (χ4n) is 1.41. The molecule has 0 saturated carbocycles. The highest BCUT2D eigenvalue weighted by Crippen LogP contribution is 2.12. The van der Waals surface area contributed by atoms with Crippen LogP contribution in [-0.4, -0.2) is 4.98 Å². The van der Waals surface area contributed by atoms with E-state index in [0.717, 1.165) is 12.3 Å². The van der Waals surface area contributed by atoms with E-state index in [4.69, 9.17) is 4.42 Å². The number of hydrogen-bond acceptors (Lipinski definition) is 3. The van der Waals surface area contributed by atoms with Gasteiger partial charge in [-0.2, -0.15) is 0 Å². The van der Waals surface area contributed by atoms with Crippen LogP contribution >= 0.6 is 0 Å². The maximum absolute atomic E-state index is 5.31. The van der Waals surface area contributed by atoms with Gasteiger partial charge in [0.25, 0.3) is 0 Å². The van der Waals surface area contributed by atoms with Crippen molar-refractivity contribution in [1.82, 2.24) is 10.3 Å². The second-order valence-electron chi connectivity index (χ2n) is 3.47. The molecule has 2 aromatic rings. The standard InChI is InChI=1S/C12H14N2O/c1-10(12-3-2-8-15-12)14-9-11-4-6-13-7-5-11/h2-8,10,14H,9H2,1H3/t10-/m0/s1. The summed E-state index contributed by atoms with van der Waals surface area (Å²) in [5, 5.41) is 3.38. The highest BCUT2D eigenvalue weighted by molar-refractivity contribution is 5.10. The number of hydrogen-bond donors (Lipinski definition) is 1. The van der Waals surface area contributed by atoms with Gasteiger partial charge in [0.2, 0.25) is 0 Å². The van der Waals surface area contributed by atoms with Gasteiger partial charge >= 0.3 is 0 Å². The molecule has 0 amide bonds. The molecule has 3 heteroatoms. The Balaban J connectivity index is 1.89. The Morgan fingerprint density at radius 3 is 2.80 bits per heavy atom. The Morgan fingerprint density at radius 1 is 1.33 bits per heavy atom. The van der Waals surface area contributed by atoms with Gasteiger partial charge in [-0.15, -0.1) is 0 Å². The van der Waals surface area contributed by atoms with Crippen molar-refractivity contribution in [2.45, 2.75) is 19.5 Å². The maximum Gasteiger partial charge on any atom is 0.120 e. The van der Waals surface area contributed by atoms with Gasteiger partial charge in [-0.25, -0.2) is 0 Å². The van der Waals surface area contributed by atoms with Crippen molar-refractivity contribution in [2.24, 2.45) is 0 Å². The SMILES string of the molecule is C[C@H](NCc1ccncc1)c1ccco1. The number of furan rings is 1. The Labute approximate surface area is 89.1 Å². The zero-order valence-corrected chi connectivity index (χ0v) is 8.68. The van der Waals surface area contributed by atoms with Crippen LogP contribution in [0.2, 0.25) is 0 Å². The summed E-state index contributed by atoms with van der Waals surface area (Å²) in [5.74, 6) is 0.962. The predicted molar refractivity (Wildman–Crippen MR) is 58.2 cm³/mol. The molecule has 2 aromatic heterocycles. The van der Waals surface area contributed by atoms with Gasteiger partial charge in [0.1, 0.15) is 5.76 Å². The summed E-state index contributed by atoms with van der Waals surface area (Å²) in [5.41, 5.74) is 1.23. The van der Waals surface area contributed by atoms with Crippen molar-refractivity contribution in [3.05, 3.63) is 54.2 Å². The number of nitrogens with one attached hydrogen (secondary N) is 1. The van der Waals surface area contributed by atoms with Gasteiger partial charge in [-0.1, -0.05) is 0 Å². The fraction of sp³-hybridized carbons (Fsp3) is 0.250. The number of pyridine rings is 1. The van der Waals surface area contributed by atoms with E-state index in [1.807, 2.05) is 24.3 Å². The van der Waals surface area contributed by atoms with Gasteiger partial charge in [0.15, 0.2) is 0 Å². The van der Waals surface area contributed by atoms with Crippen molar-refractivity contribution in [3.8, 4) is 0 Å². The Kier molecular flexibility index (Phi) is 3.15. The molecule has 2 heterocycles. The van der Waals surface area contributed by atoms with Gasteiger partial charge < -0.3 is 9.73 Å². The molecule has 0 spiro atoms. The first-order valence-corrected chi connectivity index (χ1v) is 5.02. The molecule has 0 aliphatic carbocycles. The minimum Gasteiger partial charge on any atom is -0.468 e. The first-order valence-electron chi connectivity index (χ1n) is 5.02. The normalized spacial score (nSPS) is 12.6. The van der Waals surface area contributed by atoms with E-state index in [0.29, 0.717) is 0 Å². The summed E-state index contributed by atoms with van der Waals surface area (Å²) < 4.78 is 5.31. The maximum atomic E-state index is 5.31. The minimum atomic E-state index is 0.230. The smallest absolute Gasteiger partial charge is 0.120 e. The molecule has 3 nitrogen and oxygen atoms in total. The van der Waals surface area contributed by atoms with E-state index in [2.05, 4.69) is 17.2 Å². The van der Waals surface area contributed by atoms with E-state index in [-0.39, 0.29) is 6.04 Å². The summed E-state index contributed by atoms with van der Waals surface area (Å²) in [6.45, 7) is 2.91.